The summed E-state index contributed by atoms with van der Waals surface area (Å²) in [6, 6.07) is 6.71. The second-order valence-corrected chi connectivity index (χ2v) is 5.10. The van der Waals surface area contributed by atoms with Crippen LogP contribution in [0.25, 0.3) is 6.08 Å². The molecule has 0 spiro atoms. The lowest BCUT2D eigenvalue weighted by Crippen LogP contribution is -2.55. The van der Waals surface area contributed by atoms with Crippen molar-refractivity contribution >= 4 is 12.0 Å². The molecule has 19 heavy (non-hydrogen) atoms. The van der Waals surface area contributed by atoms with Crippen molar-refractivity contribution in [1.82, 2.24) is 10.2 Å². The van der Waals surface area contributed by atoms with E-state index < -0.39 is 0 Å². The molecule has 4 heteroatoms. The van der Waals surface area contributed by atoms with E-state index in [4.69, 9.17) is 0 Å². The van der Waals surface area contributed by atoms with Crippen LogP contribution in [0.3, 0.4) is 0 Å². The Kier molecular flexibility index (Phi) is 4.32. The van der Waals surface area contributed by atoms with Crippen LogP contribution in [-0.4, -0.2) is 36.0 Å². The summed E-state index contributed by atoms with van der Waals surface area (Å²) in [5.41, 5.74) is 0.825. The van der Waals surface area contributed by atoms with E-state index in [9.17, 15) is 9.18 Å². The largest absolute Gasteiger partial charge is 0.336 e. The van der Waals surface area contributed by atoms with E-state index in [1.54, 1.807) is 24.3 Å². The number of hydrogen-bond acceptors (Lipinski definition) is 2. The highest BCUT2D eigenvalue weighted by Crippen LogP contribution is 2.08. The van der Waals surface area contributed by atoms with Gasteiger partial charge in [0.1, 0.15) is 5.82 Å². The summed E-state index contributed by atoms with van der Waals surface area (Å²) in [4.78, 5) is 13.9. The van der Waals surface area contributed by atoms with Crippen molar-refractivity contribution in [3.63, 3.8) is 0 Å². The molecule has 1 aliphatic rings. The van der Waals surface area contributed by atoms with Crippen molar-refractivity contribution in [2.45, 2.75) is 25.9 Å². The Balaban J connectivity index is 1.98. The molecule has 1 aliphatic heterocycles. The summed E-state index contributed by atoms with van der Waals surface area (Å²) >= 11 is 0. The van der Waals surface area contributed by atoms with E-state index in [-0.39, 0.29) is 11.7 Å². The van der Waals surface area contributed by atoms with Crippen LogP contribution >= 0.6 is 0 Å². The van der Waals surface area contributed by atoms with Gasteiger partial charge in [0.05, 0.1) is 0 Å². The fourth-order valence-corrected chi connectivity index (χ4v) is 2.35. The van der Waals surface area contributed by atoms with Gasteiger partial charge >= 0.3 is 0 Å². The lowest BCUT2D eigenvalue weighted by molar-refractivity contribution is -0.127. The van der Waals surface area contributed by atoms with Gasteiger partial charge in [0, 0.05) is 31.2 Å². The molecule has 0 unspecified atom stereocenters. The number of amides is 1. The van der Waals surface area contributed by atoms with Gasteiger partial charge in [0.15, 0.2) is 0 Å². The first-order valence-corrected chi connectivity index (χ1v) is 6.53. The highest BCUT2D eigenvalue weighted by Gasteiger charge is 2.23. The Hall–Kier alpha value is -1.68. The van der Waals surface area contributed by atoms with Gasteiger partial charge in [0.25, 0.3) is 0 Å². The van der Waals surface area contributed by atoms with Crippen LogP contribution in [-0.2, 0) is 4.79 Å². The predicted molar refractivity (Wildman–Crippen MR) is 74.1 cm³/mol. The van der Waals surface area contributed by atoms with Crippen molar-refractivity contribution in [3.8, 4) is 0 Å². The number of rotatable bonds is 2. The number of nitrogens with zero attached hydrogens (tertiary/aromatic N) is 1. The summed E-state index contributed by atoms with van der Waals surface area (Å²) in [5.74, 6) is -0.266. The fourth-order valence-electron chi connectivity index (χ4n) is 2.35. The molecule has 1 heterocycles. The number of nitrogens with one attached hydrogen (secondary N) is 1. The molecule has 1 saturated heterocycles. The normalized spacial score (nSPS) is 23.8. The van der Waals surface area contributed by atoms with Gasteiger partial charge < -0.3 is 10.2 Å². The Morgan fingerprint density at radius 3 is 2.42 bits per heavy atom. The minimum absolute atomic E-state index is 0.00419. The number of piperazine rings is 1. The molecule has 1 aromatic carbocycles. The standard InChI is InChI=1S/C15H19FN2O/c1-11-9-18(10-12(2)17-11)15(19)8-5-13-3-6-14(16)7-4-13/h3-8,11-12,17H,9-10H2,1-2H3/b8-5-/t11-,12+. The molecule has 1 N–H and O–H groups in total. The first kappa shape index (κ1) is 13.7. The molecular weight excluding hydrogens is 243 g/mol. The van der Waals surface area contributed by atoms with Crippen LogP contribution < -0.4 is 5.32 Å². The molecule has 0 radical (unpaired) electrons. The Bertz CT molecular complexity index is 460. The molecule has 1 amide bonds. The number of halogens is 1. The van der Waals surface area contributed by atoms with Crippen LogP contribution in [0.15, 0.2) is 30.3 Å². The third-order valence-electron chi connectivity index (χ3n) is 3.16. The minimum Gasteiger partial charge on any atom is -0.336 e. The van der Waals surface area contributed by atoms with Gasteiger partial charge in [-0.1, -0.05) is 12.1 Å². The van der Waals surface area contributed by atoms with Crippen molar-refractivity contribution in [2.75, 3.05) is 13.1 Å². The van der Waals surface area contributed by atoms with E-state index >= 15 is 0 Å². The highest BCUT2D eigenvalue weighted by atomic mass is 19.1. The highest BCUT2D eigenvalue weighted by molar-refractivity contribution is 5.91. The topological polar surface area (TPSA) is 32.3 Å². The molecule has 0 saturated carbocycles. The van der Waals surface area contributed by atoms with Gasteiger partial charge in [-0.05, 0) is 37.6 Å². The van der Waals surface area contributed by atoms with E-state index in [2.05, 4.69) is 19.2 Å². The summed E-state index contributed by atoms with van der Waals surface area (Å²) < 4.78 is 12.8. The first-order valence-electron chi connectivity index (χ1n) is 6.53. The van der Waals surface area contributed by atoms with Crippen LogP contribution in [0, 0.1) is 5.82 Å². The predicted octanol–water partition coefficient (Wildman–Crippen LogP) is 2.05. The number of hydrogen-bond donors (Lipinski definition) is 1. The van der Waals surface area contributed by atoms with Crippen molar-refractivity contribution in [1.29, 1.82) is 0 Å². The number of benzene rings is 1. The summed E-state index contributed by atoms with van der Waals surface area (Å²) in [5, 5.41) is 3.38. The maximum Gasteiger partial charge on any atom is 0.246 e. The molecule has 3 nitrogen and oxygen atoms in total. The molecule has 0 aliphatic carbocycles. The van der Waals surface area contributed by atoms with Crippen LogP contribution in [0.5, 0.6) is 0 Å². The van der Waals surface area contributed by atoms with Crippen LogP contribution in [0.1, 0.15) is 19.4 Å². The molecule has 0 aromatic heterocycles. The second kappa shape index (κ2) is 5.97. The van der Waals surface area contributed by atoms with Crippen molar-refractivity contribution in [2.24, 2.45) is 0 Å². The lowest BCUT2D eigenvalue weighted by atomic mass is 10.1. The Labute approximate surface area is 113 Å². The Morgan fingerprint density at radius 2 is 1.84 bits per heavy atom. The fraction of sp³-hybridized carbons (Fsp3) is 0.400. The molecule has 2 atom stereocenters. The number of carbonyl (C=O) groups is 1. The molecule has 0 bridgehead atoms. The van der Waals surface area contributed by atoms with Gasteiger partial charge in [0.2, 0.25) is 5.91 Å². The van der Waals surface area contributed by atoms with Gasteiger partial charge in [-0.3, -0.25) is 4.79 Å². The zero-order chi connectivity index (χ0) is 13.8. The van der Waals surface area contributed by atoms with Crippen LogP contribution in [0.2, 0.25) is 0 Å². The smallest absolute Gasteiger partial charge is 0.246 e. The first-order chi connectivity index (χ1) is 9.04. The van der Waals surface area contributed by atoms with Gasteiger partial charge in [-0.2, -0.15) is 0 Å². The molecule has 1 aromatic rings. The molecule has 1 fully saturated rings. The summed E-state index contributed by atoms with van der Waals surface area (Å²) in [6.45, 7) is 5.58. The molecular formula is C15H19FN2O. The average molecular weight is 262 g/mol. The Morgan fingerprint density at radius 1 is 1.26 bits per heavy atom. The maximum absolute atomic E-state index is 12.8. The molecule has 102 valence electrons. The second-order valence-electron chi connectivity index (χ2n) is 5.10. The van der Waals surface area contributed by atoms with Crippen LogP contribution in [0.4, 0.5) is 4.39 Å². The van der Waals surface area contributed by atoms with E-state index in [0.717, 1.165) is 18.7 Å². The van der Waals surface area contributed by atoms with E-state index in [0.29, 0.717) is 12.1 Å². The van der Waals surface area contributed by atoms with Gasteiger partial charge in [-0.25, -0.2) is 4.39 Å². The zero-order valence-corrected chi connectivity index (χ0v) is 11.3. The van der Waals surface area contributed by atoms with E-state index in [1.807, 2.05) is 4.90 Å². The lowest BCUT2D eigenvalue weighted by Gasteiger charge is -2.35. The van der Waals surface area contributed by atoms with Crippen molar-refractivity contribution < 1.29 is 9.18 Å². The monoisotopic (exact) mass is 262 g/mol. The van der Waals surface area contributed by atoms with E-state index in [1.165, 1.54) is 12.1 Å². The third-order valence-corrected chi connectivity index (χ3v) is 3.16. The van der Waals surface area contributed by atoms with Crippen molar-refractivity contribution in [3.05, 3.63) is 41.7 Å². The number of carbonyl (C=O) groups excluding carboxylic acids is 1. The third kappa shape index (κ3) is 3.89. The minimum atomic E-state index is -0.270. The summed E-state index contributed by atoms with van der Waals surface area (Å²) in [7, 11) is 0. The maximum atomic E-state index is 12.8. The van der Waals surface area contributed by atoms with Gasteiger partial charge in [-0.15, -0.1) is 0 Å². The average Bonchev–Trinajstić information content (AvgIpc) is 2.36. The zero-order valence-electron chi connectivity index (χ0n) is 11.3. The molecule has 2 rings (SSSR count). The summed E-state index contributed by atoms with van der Waals surface area (Å²) in [6.07, 6.45) is 3.27. The quantitative estimate of drug-likeness (QED) is 0.827. The SMILES string of the molecule is C[C@@H]1CN(C(=O)/C=C\c2ccc(F)cc2)C[C@H](C)N1.